The minimum atomic E-state index is 0.897. The van der Waals surface area contributed by atoms with E-state index < -0.39 is 0 Å². The van der Waals surface area contributed by atoms with Crippen LogP contribution < -0.4 is 0 Å². The summed E-state index contributed by atoms with van der Waals surface area (Å²) in [4.78, 5) is 0. The first-order chi connectivity index (χ1) is 16.5. The maximum atomic E-state index is 11.5. The summed E-state index contributed by atoms with van der Waals surface area (Å²) in [5, 5.41) is 0. The second kappa shape index (κ2) is 12.8. The molecule has 0 saturated heterocycles. The number of hydrogen-bond acceptors (Lipinski definition) is 0. The number of allylic oxidation sites excluding steroid dienone is 2. The smallest absolute Gasteiger partial charge is 0.210 e. The number of unbranched alkanes of at least 4 members (excludes halogenated alkanes) is 4. The molecule has 0 radical (unpaired) electrons. The van der Waals surface area contributed by atoms with Crippen molar-refractivity contribution in [3.8, 4) is 0 Å². The van der Waals surface area contributed by atoms with Gasteiger partial charge in [-0.05, 0) is 91.5 Å². The van der Waals surface area contributed by atoms with E-state index >= 15 is 0 Å². The van der Waals surface area contributed by atoms with Gasteiger partial charge in [0.2, 0.25) is 11.4 Å². The van der Waals surface area contributed by atoms with Gasteiger partial charge < -0.3 is 5.53 Å². The Balaban J connectivity index is 1.95. The van der Waals surface area contributed by atoms with Crippen molar-refractivity contribution in [3.63, 3.8) is 0 Å². The molecule has 0 unspecified atom stereocenters. The van der Waals surface area contributed by atoms with E-state index in [2.05, 4.69) is 77.1 Å². The monoisotopic (exact) mass is 456 g/mol. The van der Waals surface area contributed by atoms with Crippen LogP contribution in [-0.4, -0.2) is 4.70 Å². The Hall–Kier alpha value is -2.48. The third-order valence-electron chi connectivity index (χ3n) is 7.06. The van der Waals surface area contributed by atoms with E-state index in [1.165, 1.54) is 71.0 Å². The average molecular weight is 457 g/mol. The maximum absolute atomic E-state index is 11.5. The first kappa shape index (κ1) is 26.1. The van der Waals surface area contributed by atoms with Gasteiger partial charge in [0.1, 0.15) is 0 Å². The molecule has 0 spiro atoms. The lowest BCUT2D eigenvalue weighted by Gasteiger charge is -2.14. The van der Waals surface area contributed by atoms with Crippen molar-refractivity contribution < 1.29 is 4.70 Å². The van der Waals surface area contributed by atoms with Crippen molar-refractivity contribution >= 4 is 11.4 Å². The Morgan fingerprint density at radius 1 is 0.588 bits per heavy atom. The SMILES string of the molecule is CCCCCc1cc(CC)cc(C2=CC(CC)=C(c3cc(CC)cc(CCCCC)c3)[N+]2=[N-])c1. The molecule has 2 nitrogen and oxygen atoms in total. The quantitative estimate of drug-likeness (QED) is 0.212. The second-order valence-electron chi connectivity index (χ2n) is 9.77. The summed E-state index contributed by atoms with van der Waals surface area (Å²) in [6, 6.07) is 13.8. The number of nitrogens with zero attached hydrogens (tertiary/aromatic N) is 2. The molecule has 0 bridgehead atoms. The fraction of sp³-hybridized carbons (Fsp3) is 0.500. The van der Waals surface area contributed by atoms with Crippen molar-refractivity contribution in [1.82, 2.24) is 0 Å². The molecule has 0 N–H and O–H groups in total. The molecule has 1 aliphatic rings. The van der Waals surface area contributed by atoms with Crippen LogP contribution in [0.15, 0.2) is 48.0 Å². The van der Waals surface area contributed by atoms with E-state index in [4.69, 9.17) is 0 Å². The van der Waals surface area contributed by atoms with Gasteiger partial charge >= 0.3 is 0 Å². The highest BCUT2D eigenvalue weighted by molar-refractivity contribution is 5.79. The maximum Gasteiger partial charge on any atom is 0.210 e. The third-order valence-corrected chi connectivity index (χ3v) is 7.06. The first-order valence-electron chi connectivity index (χ1n) is 13.7. The van der Waals surface area contributed by atoms with Gasteiger partial charge in [-0.2, -0.15) is 0 Å². The van der Waals surface area contributed by atoms with Gasteiger partial charge in [0.05, 0.1) is 0 Å². The standard InChI is InChI=1S/C32H44N2/c1-6-11-13-15-26-17-24(8-3)19-29(21-26)31-23-28(10-5)32(34(31)33)30-20-25(9-4)18-27(22-30)16-14-12-7-2/h17-23H,6-16H2,1-5H3. The van der Waals surface area contributed by atoms with Crippen molar-refractivity contribution in [2.45, 2.75) is 105 Å². The van der Waals surface area contributed by atoms with Gasteiger partial charge in [-0.15, -0.1) is 0 Å². The number of hydrogen-bond donors (Lipinski definition) is 0. The molecule has 0 saturated carbocycles. The molecular formula is C32H44N2. The van der Waals surface area contributed by atoms with Crippen LogP contribution in [0.1, 0.15) is 113 Å². The molecule has 2 aromatic rings. The predicted molar refractivity (Wildman–Crippen MR) is 147 cm³/mol. The Bertz CT molecular complexity index is 1050. The molecule has 2 heteroatoms. The highest BCUT2D eigenvalue weighted by atomic mass is 15.2. The fourth-order valence-electron chi connectivity index (χ4n) is 5.00. The lowest BCUT2D eigenvalue weighted by Crippen LogP contribution is -2.05. The zero-order valence-electron chi connectivity index (χ0n) is 22.2. The van der Waals surface area contributed by atoms with E-state index in [1.807, 2.05) is 0 Å². The lowest BCUT2D eigenvalue weighted by molar-refractivity contribution is -0.344. The molecule has 1 aliphatic heterocycles. The van der Waals surface area contributed by atoms with E-state index in [-0.39, 0.29) is 0 Å². The van der Waals surface area contributed by atoms with Gasteiger partial charge in [-0.25, -0.2) is 4.70 Å². The molecule has 0 amide bonds. The molecule has 182 valence electrons. The van der Waals surface area contributed by atoms with Crippen LogP contribution in [0.3, 0.4) is 0 Å². The molecule has 0 atom stereocenters. The molecular weight excluding hydrogens is 412 g/mol. The zero-order valence-corrected chi connectivity index (χ0v) is 22.2. The Morgan fingerprint density at radius 2 is 1.09 bits per heavy atom. The topological polar surface area (TPSA) is 25.3 Å². The molecule has 0 aromatic heterocycles. The molecule has 0 fully saturated rings. The van der Waals surface area contributed by atoms with Crippen molar-refractivity contribution in [1.29, 1.82) is 0 Å². The van der Waals surface area contributed by atoms with E-state index in [9.17, 15) is 5.53 Å². The van der Waals surface area contributed by atoms with Crippen molar-refractivity contribution in [3.05, 3.63) is 87.0 Å². The van der Waals surface area contributed by atoms with Crippen molar-refractivity contribution in [2.75, 3.05) is 0 Å². The molecule has 2 aromatic carbocycles. The Labute approximate surface area is 208 Å². The van der Waals surface area contributed by atoms with E-state index in [1.54, 1.807) is 0 Å². The van der Waals surface area contributed by atoms with Crippen LogP contribution in [0.5, 0.6) is 0 Å². The second-order valence-corrected chi connectivity index (χ2v) is 9.77. The Kier molecular flexibility index (Phi) is 9.86. The van der Waals surface area contributed by atoms with E-state index in [0.29, 0.717) is 0 Å². The fourth-order valence-corrected chi connectivity index (χ4v) is 5.00. The third kappa shape index (κ3) is 6.34. The summed E-state index contributed by atoms with van der Waals surface area (Å²) in [6.07, 6.45) is 14.8. The van der Waals surface area contributed by atoms with E-state index in [0.717, 1.165) is 54.6 Å². The molecule has 0 aliphatic carbocycles. The minimum Gasteiger partial charge on any atom is -0.493 e. The van der Waals surface area contributed by atoms with Crippen LogP contribution in [0.2, 0.25) is 0 Å². The lowest BCUT2D eigenvalue weighted by atomic mass is 9.97. The minimum absolute atomic E-state index is 0.897. The summed E-state index contributed by atoms with van der Waals surface area (Å²) in [5.74, 6) is 0. The summed E-state index contributed by atoms with van der Waals surface area (Å²) < 4.78 is 1.47. The van der Waals surface area contributed by atoms with Crippen LogP contribution in [-0.2, 0) is 25.7 Å². The molecule has 3 rings (SSSR count). The van der Waals surface area contributed by atoms with Gasteiger partial charge in [-0.3, -0.25) is 0 Å². The molecule has 1 heterocycles. The Morgan fingerprint density at radius 3 is 1.59 bits per heavy atom. The number of rotatable bonds is 13. The highest BCUT2D eigenvalue weighted by Gasteiger charge is 2.29. The largest absolute Gasteiger partial charge is 0.493 e. The van der Waals surface area contributed by atoms with Gasteiger partial charge in [0, 0.05) is 22.8 Å². The summed E-state index contributed by atoms with van der Waals surface area (Å²) in [7, 11) is 0. The normalized spacial score (nSPS) is 13.7. The number of benzene rings is 2. The zero-order chi connectivity index (χ0) is 24.5. The molecule has 34 heavy (non-hydrogen) atoms. The van der Waals surface area contributed by atoms with Gasteiger partial charge in [0.15, 0.2) is 0 Å². The first-order valence-corrected chi connectivity index (χ1v) is 13.7. The van der Waals surface area contributed by atoms with Crippen LogP contribution in [0, 0.1) is 0 Å². The van der Waals surface area contributed by atoms with Gasteiger partial charge in [0.25, 0.3) is 0 Å². The van der Waals surface area contributed by atoms with Crippen LogP contribution >= 0.6 is 0 Å². The summed E-state index contributed by atoms with van der Waals surface area (Å²) in [6.45, 7) is 11.1. The van der Waals surface area contributed by atoms with Crippen LogP contribution in [0.4, 0.5) is 0 Å². The van der Waals surface area contributed by atoms with Gasteiger partial charge in [-0.1, -0.05) is 72.4 Å². The number of aryl methyl sites for hydroxylation is 4. The predicted octanol–water partition coefficient (Wildman–Crippen LogP) is 9.49. The summed E-state index contributed by atoms with van der Waals surface area (Å²) >= 11 is 0. The average Bonchev–Trinajstić information content (AvgIpc) is 3.20. The van der Waals surface area contributed by atoms with Crippen LogP contribution in [0.25, 0.3) is 16.9 Å². The summed E-state index contributed by atoms with van der Waals surface area (Å²) in [5.41, 5.74) is 22.3. The van der Waals surface area contributed by atoms with Crippen molar-refractivity contribution in [2.24, 2.45) is 0 Å². The highest BCUT2D eigenvalue weighted by Crippen LogP contribution is 2.38.